The van der Waals surface area contributed by atoms with Gasteiger partial charge in [0, 0.05) is 0 Å². The zero-order valence-corrected chi connectivity index (χ0v) is 24.4. The van der Waals surface area contributed by atoms with Crippen molar-refractivity contribution in [3.05, 3.63) is 29.8 Å². The Morgan fingerprint density at radius 3 is 1.77 bits per heavy atom. The van der Waals surface area contributed by atoms with Crippen molar-refractivity contribution in [3.63, 3.8) is 0 Å². The highest BCUT2D eigenvalue weighted by molar-refractivity contribution is 5.97. The number of benzene rings is 1. The number of carboxylic acids is 2. The molecule has 1 aromatic carbocycles. The lowest BCUT2D eigenvalue weighted by molar-refractivity contribution is -0.145. The molecule has 0 radical (unpaired) electrons. The Bertz CT molecular complexity index is 1150. The molecule has 13 N–H and O–H groups in total. The van der Waals surface area contributed by atoms with Gasteiger partial charge >= 0.3 is 11.9 Å². The SMILES string of the molecule is C[C@@H](O)[C@H](NC(=O)[C@H](CCCCN)NC(=O)[C@H](CC(=O)O)NC(=O)[C@@H](NC(=O)[C@@H](N)Cc1ccc(O)cc1)[C@@H](C)O)C(=O)O. The predicted octanol–water partition coefficient (Wildman–Crippen LogP) is -3.35. The average molecular weight is 627 g/mol. The normalized spacial score (nSPS) is 15.8. The lowest BCUT2D eigenvalue weighted by Crippen LogP contribution is -2.61. The Kier molecular flexibility index (Phi) is 15.7. The molecule has 1 aromatic rings. The molecule has 17 heteroatoms. The van der Waals surface area contributed by atoms with E-state index in [0.29, 0.717) is 18.4 Å². The number of hydrogen-bond donors (Lipinski definition) is 11. The number of carbonyl (C=O) groups is 6. The first-order valence-corrected chi connectivity index (χ1v) is 13.8. The van der Waals surface area contributed by atoms with Crippen LogP contribution >= 0.6 is 0 Å². The molecule has 44 heavy (non-hydrogen) atoms. The number of aliphatic hydroxyl groups excluding tert-OH is 2. The molecule has 0 bridgehead atoms. The summed E-state index contributed by atoms with van der Waals surface area (Å²) in [6.45, 7) is 2.55. The average Bonchev–Trinajstić information content (AvgIpc) is 2.93. The Labute approximate surface area is 253 Å². The van der Waals surface area contributed by atoms with Gasteiger partial charge in [-0.2, -0.15) is 0 Å². The molecule has 7 atom stereocenters. The van der Waals surface area contributed by atoms with Gasteiger partial charge in [0.15, 0.2) is 6.04 Å². The van der Waals surface area contributed by atoms with Gasteiger partial charge in [0.1, 0.15) is 23.9 Å². The lowest BCUT2D eigenvalue weighted by atomic mass is 10.0. The van der Waals surface area contributed by atoms with Crippen LogP contribution < -0.4 is 32.7 Å². The molecule has 4 amide bonds. The maximum atomic E-state index is 13.1. The summed E-state index contributed by atoms with van der Waals surface area (Å²) in [5.74, 6) is -7.13. The quantitative estimate of drug-likeness (QED) is 0.0670. The number of phenols is 1. The van der Waals surface area contributed by atoms with Crippen molar-refractivity contribution >= 4 is 35.6 Å². The van der Waals surface area contributed by atoms with Crippen LogP contribution in [0.15, 0.2) is 24.3 Å². The number of phenolic OH excluding ortho intramolecular Hbond substituents is 1. The molecule has 246 valence electrons. The van der Waals surface area contributed by atoms with Crippen LogP contribution in [0, 0.1) is 0 Å². The number of rotatable bonds is 19. The summed E-state index contributed by atoms with van der Waals surface area (Å²) in [4.78, 5) is 74.6. The number of aromatic hydroxyl groups is 1. The summed E-state index contributed by atoms with van der Waals surface area (Å²) >= 11 is 0. The van der Waals surface area contributed by atoms with E-state index in [0.717, 1.165) is 6.92 Å². The van der Waals surface area contributed by atoms with E-state index in [9.17, 15) is 54.3 Å². The standard InChI is InChI=1S/C27H42N6O11/c1-13(34)21(32-23(39)17(29)11-15-6-8-16(36)9-7-15)26(42)31-19(12-20(37)38)25(41)30-18(5-3-4-10-28)24(40)33-22(14(2)35)27(43)44/h6-9,13-14,17-19,21-22,34-36H,3-5,10-12,28-29H2,1-2H3,(H,30,41)(H,31,42)(H,32,39)(H,33,40)(H,37,38)(H,43,44)/t13-,14-,17+,18+,19+,21+,22+/m1/s1. The molecular weight excluding hydrogens is 584 g/mol. The smallest absolute Gasteiger partial charge is 0.328 e. The first-order chi connectivity index (χ1) is 20.6. The molecule has 0 heterocycles. The fourth-order valence-corrected chi connectivity index (χ4v) is 3.97. The maximum Gasteiger partial charge on any atom is 0.328 e. The van der Waals surface area contributed by atoms with Crippen LogP contribution in [0.25, 0.3) is 0 Å². The van der Waals surface area contributed by atoms with Crippen molar-refractivity contribution in [2.24, 2.45) is 11.5 Å². The molecule has 0 aliphatic rings. The summed E-state index contributed by atoms with van der Waals surface area (Å²) in [6.07, 6.45) is -3.26. The van der Waals surface area contributed by atoms with Crippen molar-refractivity contribution in [3.8, 4) is 5.75 Å². The maximum absolute atomic E-state index is 13.1. The van der Waals surface area contributed by atoms with Crippen molar-refractivity contribution in [1.82, 2.24) is 21.3 Å². The topological polar surface area (TPSA) is 304 Å². The van der Waals surface area contributed by atoms with Crippen LogP contribution in [0.4, 0.5) is 0 Å². The number of amides is 4. The highest BCUT2D eigenvalue weighted by atomic mass is 16.4. The Morgan fingerprint density at radius 1 is 0.750 bits per heavy atom. The number of nitrogens with one attached hydrogen (secondary N) is 4. The number of nitrogens with two attached hydrogens (primary N) is 2. The second-order valence-electron chi connectivity index (χ2n) is 10.3. The molecule has 0 saturated carbocycles. The van der Waals surface area contributed by atoms with E-state index < -0.39 is 84.4 Å². The van der Waals surface area contributed by atoms with Crippen LogP contribution in [-0.4, -0.2) is 110 Å². The third-order valence-corrected chi connectivity index (χ3v) is 6.43. The van der Waals surface area contributed by atoms with E-state index >= 15 is 0 Å². The zero-order chi connectivity index (χ0) is 33.6. The van der Waals surface area contributed by atoms with Gasteiger partial charge < -0.3 is 58.3 Å². The largest absolute Gasteiger partial charge is 0.508 e. The molecule has 0 spiro atoms. The fourth-order valence-electron chi connectivity index (χ4n) is 3.97. The fraction of sp³-hybridized carbons (Fsp3) is 0.556. The Balaban J connectivity index is 3.07. The minimum atomic E-state index is -1.79. The van der Waals surface area contributed by atoms with E-state index in [1.807, 2.05) is 0 Å². The number of hydrogen-bond acceptors (Lipinski definition) is 11. The summed E-state index contributed by atoms with van der Waals surface area (Å²) in [6, 6.07) is -1.89. The van der Waals surface area contributed by atoms with Crippen LogP contribution in [0.1, 0.15) is 45.1 Å². The summed E-state index contributed by atoms with van der Waals surface area (Å²) < 4.78 is 0. The van der Waals surface area contributed by atoms with Gasteiger partial charge in [0.05, 0.1) is 24.7 Å². The van der Waals surface area contributed by atoms with Crippen molar-refractivity contribution < 1.29 is 54.3 Å². The van der Waals surface area contributed by atoms with Crippen molar-refractivity contribution in [2.75, 3.05) is 6.54 Å². The first kappa shape index (κ1) is 37.7. The van der Waals surface area contributed by atoms with E-state index in [4.69, 9.17) is 11.5 Å². The van der Waals surface area contributed by atoms with Crippen LogP contribution in [-0.2, 0) is 35.2 Å². The number of aliphatic carboxylic acids is 2. The van der Waals surface area contributed by atoms with Gasteiger partial charge in [0.2, 0.25) is 23.6 Å². The van der Waals surface area contributed by atoms with Gasteiger partial charge in [-0.05, 0) is 63.8 Å². The van der Waals surface area contributed by atoms with E-state index in [2.05, 4.69) is 21.3 Å². The second-order valence-corrected chi connectivity index (χ2v) is 10.3. The van der Waals surface area contributed by atoms with E-state index in [-0.39, 0.29) is 25.1 Å². The molecule has 0 aliphatic heterocycles. The summed E-state index contributed by atoms with van der Waals surface area (Å²) in [5, 5.41) is 56.8. The molecular formula is C27H42N6O11. The third kappa shape index (κ3) is 12.9. The minimum Gasteiger partial charge on any atom is -0.508 e. The van der Waals surface area contributed by atoms with Gasteiger partial charge in [0.25, 0.3) is 0 Å². The molecule has 0 aromatic heterocycles. The number of unbranched alkanes of at least 4 members (excludes halogenated alkanes) is 1. The molecule has 0 aliphatic carbocycles. The molecule has 0 fully saturated rings. The number of carbonyl (C=O) groups excluding carboxylic acids is 4. The number of aliphatic hydroxyl groups is 2. The highest BCUT2D eigenvalue weighted by Gasteiger charge is 2.34. The molecule has 1 rings (SSSR count). The monoisotopic (exact) mass is 626 g/mol. The van der Waals surface area contributed by atoms with Gasteiger partial charge in [-0.1, -0.05) is 12.1 Å². The van der Waals surface area contributed by atoms with Gasteiger partial charge in [-0.25, -0.2) is 4.79 Å². The molecule has 0 unspecified atom stereocenters. The zero-order valence-electron chi connectivity index (χ0n) is 24.4. The summed E-state index contributed by atoms with van der Waals surface area (Å²) in [5.41, 5.74) is 12.0. The third-order valence-electron chi connectivity index (χ3n) is 6.43. The second kappa shape index (κ2) is 18.4. The van der Waals surface area contributed by atoms with Crippen LogP contribution in [0.3, 0.4) is 0 Å². The lowest BCUT2D eigenvalue weighted by Gasteiger charge is -2.27. The van der Waals surface area contributed by atoms with Crippen molar-refractivity contribution in [2.45, 2.75) is 88.4 Å². The van der Waals surface area contributed by atoms with Gasteiger partial charge in [-0.15, -0.1) is 0 Å². The van der Waals surface area contributed by atoms with Crippen LogP contribution in [0.2, 0.25) is 0 Å². The number of carboxylic acid groups (broad SMARTS) is 2. The van der Waals surface area contributed by atoms with Crippen molar-refractivity contribution in [1.29, 1.82) is 0 Å². The predicted molar refractivity (Wildman–Crippen MR) is 154 cm³/mol. The van der Waals surface area contributed by atoms with E-state index in [1.165, 1.54) is 31.2 Å². The highest BCUT2D eigenvalue weighted by Crippen LogP contribution is 2.11. The minimum absolute atomic E-state index is 0.00397. The first-order valence-electron chi connectivity index (χ1n) is 13.8. The Morgan fingerprint density at radius 2 is 1.27 bits per heavy atom. The van der Waals surface area contributed by atoms with E-state index in [1.54, 1.807) is 0 Å². The Hall–Kier alpha value is -4.32. The molecule has 17 nitrogen and oxygen atoms in total. The molecule has 0 saturated heterocycles. The van der Waals surface area contributed by atoms with Crippen LogP contribution in [0.5, 0.6) is 5.75 Å². The van der Waals surface area contributed by atoms with Gasteiger partial charge in [-0.3, -0.25) is 24.0 Å². The summed E-state index contributed by atoms with van der Waals surface area (Å²) in [7, 11) is 0.